The van der Waals surface area contributed by atoms with Crippen molar-refractivity contribution in [2.24, 2.45) is 5.92 Å². The van der Waals surface area contributed by atoms with Crippen LogP contribution in [0.25, 0.3) is 10.2 Å². The molecule has 1 aliphatic heterocycles. The van der Waals surface area contributed by atoms with Crippen molar-refractivity contribution in [1.82, 2.24) is 10.3 Å². The van der Waals surface area contributed by atoms with Crippen LogP contribution < -0.4 is 10.2 Å². The van der Waals surface area contributed by atoms with E-state index in [2.05, 4.69) is 26.6 Å². The highest BCUT2D eigenvalue weighted by molar-refractivity contribution is 7.17. The number of piperidine rings is 1. The second-order valence-electron chi connectivity index (χ2n) is 6.57. The van der Waals surface area contributed by atoms with Crippen LogP contribution in [0, 0.1) is 11.7 Å². The van der Waals surface area contributed by atoms with E-state index in [1.165, 1.54) is 22.5 Å². The molecule has 1 saturated heterocycles. The van der Waals surface area contributed by atoms with Gasteiger partial charge in [-0.25, -0.2) is 4.39 Å². The predicted octanol–water partition coefficient (Wildman–Crippen LogP) is 3.97. The summed E-state index contributed by atoms with van der Waals surface area (Å²) < 4.78 is 14.1. The molecule has 1 amide bonds. The molecular formula is C20H20FN3OS. The molecule has 0 spiro atoms. The van der Waals surface area contributed by atoms with Crippen LogP contribution in [0.4, 0.5) is 10.1 Å². The molecule has 0 radical (unpaired) electrons. The van der Waals surface area contributed by atoms with E-state index >= 15 is 0 Å². The molecule has 4 rings (SSSR count). The maximum absolute atomic E-state index is 12.9. The maximum Gasteiger partial charge on any atom is 0.223 e. The maximum atomic E-state index is 12.9. The SMILES string of the molecule is O=C(NCc1ccc(F)cc1)C1CCN(c2ccnc3ccsc23)CC1. The molecule has 4 nitrogen and oxygen atoms in total. The number of thiophene rings is 1. The molecule has 26 heavy (non-hydrogen) atoms. The number of hydrogen-bond donors (Lipinski definition) is 1. The minimum atomic E-state index is -0.261. The Morgan fingerprint density at radius 3 is 2.73 bits per heavy atom. The van der Waals surface area contributed by atoms with Gasteiger partial charge in [-0.05, 0) is 48.1 Å². The van der Waals surface area contributed by atoms with Gasteiger partial charge >= 0.3 is 0 Å². The lowest BCUT2D eigenvalue weighted by atomic mass is 9.95. The standard InChI is InChI=1S/C20H20FN3OS/c21-16-3-1-14(2-4-16)13-23-20(25)15-6-10-24(11-7-15)18-5-9-22-17-8-12-26-19(17)18/h1-5,8-9,12,15H,6-7,10-11,13H2,(H,23,25). The number of rotatable bonds is 4. The molecule has 1 fully saturated rings. The fourth-order valence-electron chi connectivity index (χ4n) is 3.43. The summed E-state index contributed by atoms with van der Waals surface area (Å²) in [6.45, 7) is 2.18. The number of anilines is 1. The molecule has 0 saturated carbocycles. The fourth-order valence-corrected chi connectivity index (χ4v) is 4.32. The van der Waals surface area contributed by atoms with Crippen molar-refractivity contribution in [2.75, 3.05) is 18.0 Å². The third-order valence-corrected chi connectivity index (χ3v) is 5.84. The first-order valence-corrected chi connectivity index (χ1v) is 9.68. The summed E-state index contributed by atoms with van der Waals surface area (Å²) in [4.78, 5) is 19.2. The van der Waals surface area contributed by atoms with E-state index in [4.69, 9.17) is 0 Å². The number of aromatic nitrogens is 1. The highest BCUT2D eigenvalue weighted by Gasteiger charge is 2.25. The first-order valence-electron chi connectivity index (χ1n) is 8.80. The first kappa shape index (κ1) is 17.0. The summed E-state index contributed by atoms with van der Waals surface area (Å²) in [7, 11) is 0. The quantitative estimate of drug-likeness (QED) is 0.757. The summed E-state index contributed by atoms with van der Waals surface area (Å²) in [5, 5.41) is 5.05. The van der Waals surface area contributed by atoms with Gasteiger partial charge in [0.05, 0.1) is 15.9 Å². The zero-order valence-electron chi connectivity index (χ0n) is 14.3. The monoisotopic (exact) mass is 369 g/mol. The Hall–Kier alpha value is -2.47. The average molecular weight is 369 g/mol. The minimum Gasteiger partial charge on any atom is -0.370 e. The van der Waals surface area contributed by atoms with Gasteiger partial charge in [0, 0.05) is 31.7 Å². The van der Waals surface area contributed by atoms with Gasteiger partial charge in [0.25, 0.3) is 0 Å². The molecular weight excluding hydrogens is 349 g/mol. The lowest BCUT2D eigenvalue weighted by Gasteiger charge is -2.33. The molecule has 0 bridgehead atoms. The van der Waals surface area contributed by atoms with Crippen molar-refractivity contribution in [3.05, 3.63) is 59.4 Å². The lowest BCUT2D eigenvalue weighted by Crippen LogP contribution is -2.40. The van der Waals surface area contributed by atoms with Crippen LogP contribution in [0.1, 0.15) is 18.4 Å². The van der Waals surface area contributed by atoms with E-state index in [0.29, 0.717) is 6.54 Å². The third-order valence-electron chi connectivity index (χ3n) is 4.91. The summed E-state index contributed by atoms with van der Waals surface area (Å²) in [5.74, 6) is -0.138. The highest BCUT2D eigenvalue weighted by atomic mass is 32.1. The number of nitrogens with zero attached hydrogens (tertiary/aromatic N) is 2. The van der Waals surface area contributed by atoms with Crippen LogP contribution in [-0.2, 0) is 11.3 Å². The van der Waals surface area contributed by atoms with Crippen molar-refractivity contribution in [2.45, 2.75) is 19.4 Å². The van der Waals surface area contributed by atoms with E-state index in [0.717, 1.165) is 37.0 Å². The molecule has 134 valence electrons. The smallest absolute Gasteiger partial charge is 0.223 e. The Balaban J connectivity index is 1.33. The molecule has 6 heteroatoms. The number of hydrogen-bond acceptors (Lipinski definition) is 4. The Morgan fingerprint density at radius 2 is 1.96 bits per heavy atom. The molecule has 0 atom stereocenters. The Kier molecular flexibility index (Phi) is 4.84. The number of fused-ring (bicyclic) bond motifs is 1. The Morgan fingerprint density at radius 1 is 1.19 bits per heavy atom. The van der Waals surface area contributed by atoms with E-state index in [1.54, 1.807) is 23.5 Å². The van der Waals surface area contributed by atoms with Gasteiger partial charge in [-0.2, -0.15) is 0 Å². The molecule has 3 aromatic rings. The van der Waals surface area contributed by atoms with E-state index in [-0.39, 0.29) is 17.6 Å². The van der Waals surface area contributed by atoms with Gasteiger partial charge in [-0.1, -0.05) is 12.1 Å². The second kappa shape index (κ2) is 7.41. The summed E-state index contributed by atoms with van der Waals surface area (Å²) in [6, 6.07) is 10.3. The number of carbonyl (C=O) groups excluding carboxylic acids is 1. The highest BCUT2D eigenvalue weighted by Crippen LogP contribution is 2.32. The van der Waals surface area contributed by atoms with Crippen LogP contribution in [-0.4, -0.2) is 24.0 Å². The molecule has 3 heterocycles. The molecule has 1 aliphatic rings. The summed E-state index contributed by atoms with van der Waals surface area (Å²) in [6.07, 6.45) is 3.53. The van der Waals surface area contributed by atoms with E-state index in [9.17, 15) is 9.18 Å². The number of carbonyl (C=O) groups is 1. The summed E-state index contributed by atoms with van der Waals surface area (Å²) >= 11 is 1.71. The predicted molar refractivity (Wildman–Crippen MR) is 103 cm³/mol. The number of amides is 1. The molecule has 0 aliphatic carbocycles. The van der Waals surface area contributed by atoms with Gasteiger partial charge in [0.15, 0.2) is 0 Å². The molecule has 2 aromatic heterocycles. The van der Waals surface area contributed by atoms with Gasteiger partial charge in [-0.15, -0.1) is 11.3 Å². The first-order chi connectivity index (χ1) is 12.7. The minimum absolute atomic E-state index is 0.0346. The topological polar surface area (TPSA) is 45.2 Å². The Bertz CT molecular complexity index is 901. The van der Waals surface area contributed by atoms with Crippen molar-refractivity contribution in [3.8, 4) is 0 Å². The van der Waals surface area contributed by atoms with Crippen LogP contribution >= 0.6 is 11.3 Å². The van der Waals surface area contributed by atoms with Gasteiger partial charge in [-0.3, -0.25) is 9.78 Å². The van der Waals surface area contributed by atoms with Crippen LogP contribution in [0.5, 0.6) is 0 Å². The van der Waals surface area contributed by atoms with Crippen LogP contribution in [0.15, 0.2) is 48.0 Å². The Labute approximate surface area is 155 Å². The lowest BCUT2D eigenvalue weighted by molar-refractivity contribution is -0.125. The third kappa shape index (κ3) is 3.55. The number of benzene rings is 1. The van der Waals surface area contributed by atoms with Gasteiger partial charge in [0.1, 0.15) is 5.82 Å². The van der Waals surface area contributed by atoms with Gasteiger partial charge < -0.3 is 10.2 Å². The van der Waals surface area contributed by atoms with Crippen LogP contribution in [0.3, 0.4) is 0 Å². The van der Waals surface area contributed by atoms with Crippen molar-refractivity contribution in [1.29, 1.82) is 0 Å². The zero-order valence-corrected chi connectivity index (χ0v) is 15.1. The summed E-state index contributed by atoms with van der Waals surface area (Å²) in [5.41, 5.74) is 3.16. The zero-order chi connectivity index (χ0) is 17.9. The van der Waals surface area contributed by atoms with Crippen molar-refractivity contribution >= 4 is 33.1 Å². The largest absolute Gasteiger partial charge is 0.370 e. The normalized spacial score (nSPS) is 15.3. The van der Waals surface area contributed by atoms with Crippen molar-refractivity contribution < 1.29 is 9.18 Å². The molecule has 1 aromatic carbocycles. The van der Waals surface area contributed by atoms with E-state index < -0.39 is 0 Å². The second-order valence-corrected chi connectivity index (χ2v) is 7.49. The number of pyridine rings is 1. The fraction of sp³-hybridized carbons (Fsp3) is 0.300. The average Bonchev–Trinajstić information content (AvgIpc) is 3.16. The van der Waals surface area contributed by atoms with Gasteiger partial charge in [0.2, 0.25) is 5.91 Å². The number of halogens is 1. The van der Waals surface area contributed by atoms with E-state index in [1.807, 2.05) is 12.3 Å². The van der Waals surface area contributed by atoms with Crippen LogP contribution in [0.2, 0.25) is 0 Å². The van der Waals surface area contributed by atoms with Crippen molar-refractivity contribution in [3.63, 3.8) is 0 Å². The molecule has 1 N–H and O–H groups in total. The number of nitrogens with one attached hydrogen (secondary N) is 1. The molecule has 0 unspecified atom stereocenters.